The largest absolute Gasteiger partial charge is 0.496 e. The van der Waals surface area contributed by atoms with Crippen LogP contribution in [0.15, 0.2) is 6.07 Å². The topological polar surface area (TPSA) is 46.5 Å². The van der Waals surface area contributed by atoms with Gasteiger partial charge in [-0.25, -0.2) is 4.79 Å². The number of carbonyl (C=O) groups is 1. The van der Waals surface area contributed by atoms with Crippen LogP contribution in [0.2, 0.25) is 0 Å². The molecular weight excluding hydrogens is 164 g/mol. The number of rotatable bonds is 2. The van der Waals surface area contributed by atoms with E-state index in [2.05, 4.69) is 0 Å². The summed E-state index contributed by atoms with van der Waals surface area (Å²) < 4.78 is 4.92. The van der Waals surface area contributed by atoms with Crippen molar-refractivity contribution in [2.75, 3.05) is 7.11 Å². The maximum Gasteiger partial charge on any atom is 0.346 e. The van der Waals surface area contributed by atoms with Gasteiger partial charge in [0.05, 0.1) is 7.11 Å². The molecule has 3 nitrogen and oxygen atoms in total. The molecular formula is C7H8O3S. The van der Waals surface area contributed by atoms with E-state index in [-0.39, 0.29) is 0 Å². The van der Waals surface area contributed by atoms with Gasteiger partial charge < -0.3 is 9.84 Å². The van der Waals surface area contributed by atoms with E-state index in [1.54, 1.807) is 0 Å². The Morgan fingerprint density at radius 1 is 1.73 bits per heavy atom. The molecule has 0 aliphatic rings. The Morgan fingerprint density at radius 2 is 2.36 bits per heavy atom. The van der Waals surface area contributed by atoms with Crippen molar-refractivity contribution in [3.63, 3.8) is 0 Å². The smallest absolute Gasteiger partial charge is 0.346 e. The second-order valence-corrected chi connectivity index (χ2v) is 3.30. The van der Waals surface area contributed by atoms with Crippen LogP contribution >= 0.6 is 11.3 Å². The van der Waals surface area contributed by atoms with Gasteiger partial charge in [0.15, 0.2) is 0 Å². The Balaban J connectivity index is 3.05. The Kier molecular flexibility index (Phi) is 2.14. The van der Waals surface area contributed by atoms with Gasteiger partial charge in [-0.2, -0.15) is 0 Å². The zero-order chi connectivity index (χ0) is 8.43. The van der Waals surface area contributed by atoms with E-state index >= 15 is 0 Å². The van der Waals surface area contributed by atoms with Crippen LogP contribution in [-0.2, 0) is 0 Å². The molecule has 0 unspecified atom stereocenters. The SMILES string of the molecule is COc1cc(C(=O)O)sc1C. The lowest BCUT2D eigenvalue weighted by Crippen LogP contribution is -1.90. The van der Waals surface area contributed by atoms with E-state index in [1.807, 2.05) is 6.92 Å². The Bertz CT molecular complexity index is 277. The minimum atomic E-state index is -0.901. The van der Waals surface area contributed by atoms with Crippen LogP contribution < -0.4 is 4.74 Å². The molecule has 0 saturated carbocycles. The zero-order valence-electron chi connectivity index (χ0n) is 6.25. The number of thiophene rings is 1. The van der Waals surface area contributed by atoms with Gasteiger partial charge in [0, 0.05) is 10.9 Å². The molecule has 1 rings (SSSR count). The van der Waals surface area contributed by atoms with Crippen LogP contribution in [0.25, 0.3) is 0 Å². The lowest BCUT2D eigenvalue weighted by atomic mass is 10.4. The number of methoxy groups -OCH3 is 1. The van der Waals surface area contributed by atoms with Crippen LogP contribution in [0.1, 0.15) is 14.5 Å². The maximum atomic E-state index is 10.4. The van der Waals surface area contributed by atoms with E-state index in [9.17, 15) is 4.79 Å². The predicted octanol–water partition coefficient (Wildman–Crippen LogP) is 1.76. The monoisotopic (exact) mass is 172 g/mol. The summed E-state index contributed by atoms with van der Waals surface area (Å²) in [4.78, 5) is 11.6. The second-order valence-electron chi connectivity index (χ2n) is 2.04. The first-order valence-electron chi connectivity index (χ1n) is 3.03. The first-order valence-corrected chi connectivity index (χ1v) is 3.84. The van der Waals surface area contributed by atoms with Gasteiger partial charge in [-0.05, 0) is 6.92 Å². The van der Waals surface area contributed by atoms with Crippen molar-refractivity contribution in [3.05, 3.63) is 15.8 Å². The van der Waals surface area contributed by atoms with Crippen LogP contribution in [-0.4, -0.2) is 18.2 Å². The molecule has 1 N–H and O–H groups in total. The van der Waals surface area contributed by atoms with Gasteiger partial charge in [0.1, 0.15) is 10.6 Å². The van der Waals surface area contributed by atoms with Gasteiger partial charge >= 0.3 is 5.97 Å². The van der Waals surface area contributed by atoms with Gasteiger partial charge in [0.2, 0.25) is 0 Å². The van der Waals surface area contributed by atoms with Crippen molar-refractivity contribution < 1.29 is 14.6 Å². The molecule has 60 valence electrons. The molecule has 11 heavy (non-hydrogen) atoms. The van der Waals surface area contributed by atoms with Gasteiger partial charge in [0.25, 0.3) is 0 Å². The number of ether oxygens (including phenoxy) is 1. The molecule has 0 fully saturated rings. The summed E-state index contributed by atoms with van der Waals surface area (Å²) in [5.41, 5.74) is 0. The van der Waals surface area contributed by atoms with Crippen molar-refractivity contribution in [3.8, 4) is 5.75 Å². The summed E-state index contributed by atoms with van der Waals surface area (Å²) in [5, 5.41) is 8.57. The Hall–Kier alpha value is -1.03. The number of hydrogen-bond acceptors (Lipinski definition) is 3. The third-order valence-corrected chi connectivity index (χ3v) is 2.32. The summed E-state index contributed by atoms with van der Waals surface area (Å²) in [6.07, 6.45) is 0. The molecule has 4 heteroatoms. The molecule has 0 atom stereocenters. The molecule has 1 aromatic rings. The molecule has 0 aliphatic carbocycles. The molecule has 0 saturated heterocycles. The first-order chi connectivity index (χ1) is 5.15. The molecule has 1 aromatic heterocycles. The van der Waals surface area contributed by atoms with E-state index in [4.69, 9.17) is 9.84 Å². The van der Waals surface area contributed by atoms with Crippen LogP contribution in [0.5, 0.6) is 5.75 Å². The van der Waals surface area contributed by atoms with Gasteiger partial charge in [-0.1, -0.05) is 0 Å². The van der Waals surface area contributed by atoms with Crippen molar-refractivity contribution in [1.29, 1.82) is 0 Å². The summed E-state index contributed by atoms with van der Waals surface area (Å²) >= 11 is 1.22. The average Bonchev–Trinajstić information content (AvgIpc) is 2.31. The highest BCUT2D eigenvalue weighted by molar-refractivity contribution is 7.14. The summed E-state index contributed by atoms with van der Waals surface area (Å²) in [6, 6.07) is 1.53. The fourth-order valence-corrected chi connectivity index (χ4v) is 1.60. The van der Waals surface area contributed by atoms with Crippen molar-refractivity contribution in [2.24, 2.45) is 0 Å². The molecule has 0 bridgehead atoms. The highest BCUT2D eigenvalue weighted by atomic mass is 32.1. The van der Waals surface area contributed by atoms with Gasteiger partial charge in [-0.15, -0.1) is 11.3 Å². The van der Waals surface area contributed by atoms with E-state index < -0.39 is 5.97 Å². The Morgan fingerprint density at radius 3 is 2.64 bits per heavy atom. The van der Waals surface area contributed by atoms with E-state index in [1.165, 1.54) is 24.5 Å². The zero-order valence-corrected chi connectivity index (χ0v) is 7.07. The van der Waals surface area contributed by atoms with Crippen LogP contribution in [0.4, 0.5) is 0 Å². The van der Waals surface area contributed by atoms with Crippen molar-refractivity contribution >= 4 is 17.3 Å². The third-order valence-electron chi connectivity index (χ3n) is 1.30. The summed E-state index contributed by atoms with van der Waals surface area (Å²) in [5.74, 6) is -0.256. The molecule has 0 radical (unpaired) electrons. The molecule has 1 heterocycles. The molecule has 0 aromatic carbocycles. The lowest BCUT2D eigenvalue weighted by molar-refractivity contribution is 0.0702. The summed E-state index contributed by atoms with van der Waals surface area (Å²) in [6.45, 7) is 1.83. The highest BCUT2D eigenvalue weighted by Crippen LogP contribution is 2.27. The quantitative estimate of drug-likeness (QED) is 0.739. The third kappa shape index (κ3) is 1.51. The molecule has 0 amide bonds. The molecule has 0 aliphatic heterocycles. The lowest BCUT2D eigenvalue weighted by Gasteiger charge is -1.92. The number of aryl methyl sites for hydroxylation is 1. The maximum absolute atomic E-state index is 10.4. The number of hydrogen-bond donors (Lipinski definition) is 1. The number of carboxylic acids is 1. The predicted molar refractivity (Wildman–Crippen MR) is 42.6 cm³/mol. The van der Waals surface area contributed by atoms with E-state index in [0.717, 1.165) is 4.88 Å². The minimum absolute atomic E-state index is 0.319. The molecule has 0 spiro atoms. The summed E-state index contributed by atoms with van der Waals surface area (Å²) in [7, 11) is 1.53. The fraction of sp³-hybridized carbons (Fsp3) is 0.286. The van der Waals surface area contributed by atoms with Gasteiger partial charge in [-0.3, -0.25) is 0 Å². The number of aromatic carboxylic acids is 1. The second kappa shape index (κ2) is 2.92. The standard InChI is InChI=1S/C7H8O3S/c1-4-5(10-2)3-6(11-4)7(8)9/h3H,1-2H3,(H,8,9). The van der Waals surface area contributed by atoms with E-state index in [0.29, 0.717) is 10.6 Å². The highest BCUT2D eigenvalue weighted by Gasteiger charge is 2.10. The van der Waals surface area contributed by atoms with Crippen molar-refractivity contribution in [2.45, 2.75) is 6.92 Å². The normalized spacial score (nSPS) is 9.64. The average molecular weight is 172 g/mol. The van der Waals surface area contributed by atoms with Crippen molar-refractivity contribution in [1.82, 2.24) is 0 Å². The van der Waals surface area contributed by atoms with Crippen LogP contribution in [0, 0.1) is 6.92 Å². The minimum Gasteiger partial charge on any atom is -0.496 e. The number of carboxylic acid groups (broad SMARTS) is 1. The van der Waals surface area contributed by atoms with Crippen LogP contribution in [0.3, 0.4) is 0 Å². The first kappa shape index (κ1) is 8.07. The Labute approximate surface area is 68.2 Å². The fourth-order valence-electron chi connectivity index (χ4n) is 0.773.